The molecule has 6 nitrogen and oxygen atoms in total. The van der Waals surface area contributed by atoms with Crippen molar-refractivity contribution in [1.82, 2.24) is 15.4 Å². The van der Waals surface area contributed by atoms with E-state index in [0.29, 0.717) is 5.95 Å². The first-order chi connectivity index (χ1) is 10.6. The Bertz CT molecular complexity index is 551. The van der Waals surface area contributed by atoms with Gasteiger partial charge in [-0.2, -0.15) is 0 Å². The van der Waals surface area contributed by atoms with Gasteiger partial charge in [0.1, 0.15) is 0 Å². The number of hydrogen-bond acceptors (Lipinski definition) is 5. The van der Waals surface area contributed by atoms with E-state index in [2.05, 4.69) is 21.9 Å². The molecule has 22 heavy (non-hydrogen) atoms. The third-order valence-corrected chi connectivity index (χ3v) is 6.02. The lowest BCUT2D eigenvalue weighted by Crippen LogP contribution is -2.59. The summed E-state index contributed by atoms with van der Waals surface area (Å²) in [6, 6.07) is 0. The van der Waals surface area contributed by atoms with Gasteiger partial charge in [-0.15, -0.1) is 0 Å². The molecule has 118 valence electrons. The van der Waals surface area contributed by atoms with E-state index in [4.69, 9.17) is 5.21 Å². The number of anilines is 1. The van der Waals surface area contributed by atoms with Crippen molar-refractivity contribution in [3.8, 4) is 0 Å². The van der Waals surface area contributed by atoms with Gasteiger partial charge in [0.25, 0.3) is 5.91 Å². The molecule has 4 fully saturated rings. The van der Waals surface area contributed by atoms with Gasteiger partial charge in [-0.3, -0.25) is 10.0 Å². The van der Waals surface area contributed by atoms with E-state index in [9.17, 15) is 4.79 Å². The smallest absolute Gasteiger partial charge is 0.277 e. The van der Waals surface area contributed by atoms with Crippen LogP contribution in [0.2, 0.25) is 0 Å². The maximum atomic E-state index is 11.4. The monoisotopic (exact) mass is 302 g/mol. The van der Waals surface area contributed by atoms with Crippen molar-refractivity contribution >= 4 is 11.9 Å². The Labute approximate surface area is 129 Å². The van der Waals surface area contributed by atoms with E-state index in [1.165, 1.54) is 50.9 Å². The average molecular weight is 302 g/mol. The fraction of sp³-hybridized carbons (Fsp3) is 0.688. The Kier molecular flexibility index (Phi) is 3.11. The molecule has 0 spiro atoms. The SMILES string of the molecule is CN(c1ncc(C(=O)NO)cn1)C12CC3CC(CC(C3)C1)C2. The second-order valence-corrected chi connectivity index (χ2v) is 7.41. The van der Waals surface area contributed by atoms with Crippen LogP contribution in [0.25, 0.3) is 0 Å². The van der Waals surface area contributed by atoms with E-state index in [1.54, 1.807) is 5.48 Å². The highest BCUT2D eigenvalue weighted by atomic mass is 16.5. The van der Waals surface area contributed by atoms with Gasteiger partial charge in [-0.05, 0) is 56.3 Å². The predicted octanol–water partition coefficient (Wildman–Crippen LogP) is 2.00. The third-order valence-electron chi connectivity index (χ3n) is 6.02. The molecule has 0 radical (unpaired) electrons. The fourth-order valence-corrected chi connectivity index (χ4v) is 5.36. The minimum absolute atomic E-state index is 0.204. The maximum Gasteiger partial charge on any atom is 0.277 e. The molecule has 6 heteroatoms. The number of rotatable bonds is 3. The fourth-order valence-electron chi connectivity index (χ4n) is 5.36. The van der Waals surface area contributed by atoms with Crippen LogP contribution in [0.15, 0.2) is 12.4 Å². The summed E-state index contributed by atoms with van der Waals surface area (Å²) in [5.41, 5.74) is 2.08. The molecule has 1 amide bonds. The first-order valence-corrected chi connectivity index (χ1v) is 8.10. The molecule has 0 unspecified atom stereocenters. The molecule has 0 saturated heterocycles. The molecule has 0 aliphatic heterocycles. The van der Waals surface area contributed by atoms with Crippen molar-refractivity contribution in [3.63, 3.8) is 0 Å². The molecule has 0 aromatic carbocycles. The van der Waals surface area contributed by atoms with Gasteiger partial charge >= 0.3 is 0 Å². The van der Waals surface area contributed by atoms with E-state index < -0.39 is 5.91 Å². The van der Waals surface area contributed by atoms with E-state index >= 15 is 0 Å². The first kappa shape index (κ1) is 13.9. The summed E-state index contributed by atoms with van der Waals surface area (Å²) in [4.78, 5) is 22.3. The van der Waals surface area contributed by atoms with Crippen LogP contribution in [-0.2, 0) is 0 Å². The van der Waals surface area contributed by atoms with Crippen LogP contribution in [0.1, 0.15) is 48.9 Å². The number of hydroxylamine groups is 1. The number of carbonyl (C=O) groups is 1. The lowest BCUT2D eigenvalue weighted by Gasteiger charge is -2.59. The molecular weight excluding hydrogens is 280 g/mol. The van der Waals surface area contributed by atoms with Crippen LogP contribution < -0.4 is 10.4 Å². The van der Waals surface area contributed by atoms with Crippen molar-refractivity contribution in [2.45, 2.75) is 44.1 Å². The van der Waals surface area contributed by atoms with Crippen LogP contribution in [0.3, 0.4) is 0 Å². The Morgan fingerprint density at radius 3 is 2.14 bits per heavy atom. The molecule has 1 aromatic rings. The molecule has 5 rings (SSSR count). The van der Waals surface area contributed by atoms with Crippen LogP contribution in [0, 0.1) is 17.8 Å². The van der Waals surface area contributed by atoms with Gasteiger partial charge in [0.15, 0.2) is 0 Å². The Balaban J connectivity index is 1.59. The van der Waals surface area contributed by atoms with Gasteiger partial charge in [-0.25, -0.2) is 15.4 Å². The zero-order valence-corrected chi connectivity index (χ0v) is 12.8. The van der Waals surface area contributed by atoms with Crippen molar-refractivity contribution in [1.29, 1.82) is 0 Å². The van der Waals surface area contributed by atoms with E-state index in [0.717, 1.165) is 17.8 Å². The second kappa shape index (κ2) is 4.91. The van der Waals surface area contributed by atoms with Gasteiger partial charge in [-0.1, -0.05) is 0 Å². The minimum atomic E-state index is -0.580. The second-order valence-electron chi connectivity index (χ2n) is 7.41. The third kappa shape index (κ3) is 2.08. The van der Waals surface area contributed by atoms with Crippen molar-refractivity contribution < 1.29 is 10.0 Å². The topological polar surface area (TPSA) is 78.4 Å². The molecule has 0 atom stereocenters. The van der Waals surface area contributed by atoms with Crippen molar-refractivity contribution in [2.75, 3.05) is 11.9 Å². The standard InChI is InChI=1S/C16H22N4O2/c1-20(15-17-8-13(9-18-15)14(21)19-22)16-5-10-2-11(6-16)4-12(3-10)7-16/h8-12,22H,2-7H2,1H3,(H,19,21). The quantitative estimate of drug-likeness (QED) is 0.659. The largest absolute Gasteiger partial charge is 0.338 e. The number of nitrogens with one attached hydrogen (secondary N) is 1. The molecule has 4 bridgehead atoms. The molecular formula is C16H22N4O2. The summed E-state index contributed by atoms with van der Waals surface area (Å²) < 4.78 is 0. The number of aromatic nitrogens is 2. The van der Waals surface area contributed by atoms with Crippen LogP contribution in [-0.4, -0.2) is 33.7 Å². The summed E-state index contributed by atoms with van der Waals surface area (Å²) in [6.07, 6.45) is 10.9. The van der Waals surface area contributed by atoms with Gasteiger partial charge < -0.3 is 4.90 Å². The lowest BCUT2D eigenvalue weighted by atomic mass is 9.52. The zero-order chi connectivity index (χ0) is 15.3. The highest BCUT2D eigenvalue weighted by Gasteiger charge is 2.53. The van der Waals surface area contributed by atoms with Gasteiger partial charge in [0.05, 0.1) is 5.56 Å². The Morgan fingerprint density at radius 2 is 1.68 bits per heavy atom. The summed E-state index contributed by atoms with van der Waals surface area (Å²) in [5.74, 6) is 2.70. The molecule has 4 aliphatic rings. The summed E-state index contributed by atoms with van der Waals surface area (Å²) in [6.45, 7) is 0. The Hall–Kier alpha value is -1.69. The molecule has 1 heterocycles. The van der Waals surface area contributed by atoms with Crippen molar-refractivity contribution in [2.24, 2.45) is 17.8 Å². The van der Waals surface area contributed by atoms with E-state index in [1.807, 2.05) is 0 Å². The highest BCUT2D eigenvalue weighted by molar-refractivity contribution is 5.92. The van der Waals surface area contributed by atoms with E-state index in [-0.39, 0.29) is 11.1 Å². The molecule has 2 N–H and O–H groups in total. The van der Waals surface area contributed by atoms with Gasteiger partial charge in [0.2, 0.25) is 5.95 Å². The molecule has 1 aromatic heterocycles. The van der Waals surface area contributed by atoms with Crippen LogP contribution >= 0.6 is 0 Å². The predicted molar refractivity (Wildman–Crippen MR) is 80.6 cm³/mol. The first-order valence-electron chi connectivity index (χ1n) is 8.10. The van der Waals surface area contributed by atoms with Crippen LogP contribution in [0.5, 0.6) is 0 Å². The minimum Gasteiger partial charge on any atom is -0.338 e. The highest BCUT2D eigenvalue weighted by Crippen LogP contribution is 2.57. The normalized spacial score (nSPS) is 35.5. The number of amides is 1. The average Bonchev–Trinajstić information content (AvgIpc) is 2.52. The van der Waals surface area contributed by atoms with Crippen LogP contribution in [0.4, 0.5) is 5.95 Å². The number of nitrogens with zero attached hydrogens (tertiary/aromatic N) is 3. The Morgan fingerprint density at radius 1 is 1.18 bits per heavy atom. The number of hydrogen-bond donors (Lipinski definition) is 2. The summed E-state index contributed by atoms with van der Waals surface area (Å²) in [5, 5.41) is 8.65. The number of carbonyl (C=O) groups excluding carboxylic acids is 1. The summed E-state index contributed by atoms with van der Waals surface area (Å²) >= 11 is 0. The molecule has 4 aliphatic carbocycles. The lowest BCUT2D eigenvalue weighted by molar-refractivity contribution is -0.00260. The molecule has 4 saturated carbocycles. The zero-order valence-electron chi connectivity index (χ0n) is 12.8. The summed E-state index contributed by atoms with van der Waals surface area (Å²) in [7, 11) is 2.09. The van der Waals surface area contributed by atoms with Crippen molar-refractivity contribution in [3.05, 3.63) is 18.0 Å². The maximum absolute atomic E-state index is 11.4. The van der Waals surface area contributed by atoms with Gasteiger partial charge in [0, 0.05) is 25.0 Å².